The van der Waals surface area contributed by atoms with Gasteiger partial charge in [0.05, 0.1) is 36.0 Å². The van der Waals surface area contributed by atoms with Crippen molar-refractivity contribution in [1.82, 2.24) is 14.9 Å². The van der Waals surface area contributed by atoms with Crippen molar-refractivity contribution in [3.8, 4) is 11.5 Å². The number of benzene rings is 2. The minimum absolute atomic E-state index is 0.0680. The molecule has 0 radical (unpaired) electrons. The van der Waals surface area contributed by atoms with E-state index in [1.165, 1.54) is 32.4 Å². The Morgan fingerprint density at radius 3 is 2.53 bits per heavy atom. The number of aromatic nitrogens is 2. The molecule has 0 atom stereocenters. The molecule has 0 aliphatic heterocycles. The molecule has 0 bridgehead atoms. The molecule has 0 aliphatic carbocycles. The number of imidazole rings is 1. The lowest BCUT2D eigenvalue weighted by molar-refractivity contribution is -0.146. The summed E-state index contributed by atoms with van der Waals surface area (Å²) >= 11 is 6.06. The maximum Gasteiger partial charge on any atom is 0.449 e. The van der Waals surface area contributed by atoms with Crippen LogP contribution in [0.4, 0.5) is 23.7 Å². The number of ether oxygens (including phenoxy) is 2. The number of halogens is 4. The van der Waals surface area contributed by atoms with Crippen LogP contribution >= 0.6 is 11.6 Å². The number of alkyl halides is 3. The summed E-state index contributed by atoms with van der Waals surface area (Å²) in [6.45, 7) is -0.190. The third-order valence-corrected chi connectivity index (χ3v) is 4.55. The summed E-state index contributed by atoms with van der Waals surface area (Å²) in [4.78, 5) is 15.9. The number of anilines is 1. The van der Waals surface area contributed by atoms with Gasteiger partial charge in [0.25, 0.3) is 0 Å². The van der Waals surface area contributed by atoms with Crippen molar-refractivity contribution in [3.05, 3.63) is 47.2 Å². The number of rotatable bonds is 6. The first kappa shape index (κ1) is 21.6. The summed E-state index contributed by atoms with van der Waals surface area (Å²) in [5.41, 5.74) is 0.840. The Hall–Kier alpha value is -3.14. The normalized spacial score (nSPS) is 11.4. The molecule has 0 unspecified atom stereocenters. The van der Waals surface area contributed by atoms with Crippen LogP contribution in [0.3, 0.4) is 0 Å². The average molecular weight is 443 g/mol. The number of urea groups is 1. The minimum atomic E-state index is -4.62. The first-order valence-corrected chi connectivity index (χ1v) is 9.11. The number of fused-ring (bicyclic) bond motifs is 1. The summed E-state index contributed by atoms with van der Waals surface area (Å²) < 4.78 is 51.3. The van der Waals surface area contributed by atoms with Crippen LogP contribution in [0.5, 0.6) is 11.5 Å². The number of nitrogens with zero attached hydrogens (tertiary/aromatic N) is 2. The molecule has 0 saturated carbocycles. The standard InChI is InChI=1S/C19H18ClF3N4O3/c1-29-15-10-16(30-2)13(9-11(15)20)26-18(28)24-7-8-27-14-6-4-3-5-12(14)25-17(27)19(21,22)23/h3-6,9-10H,7-8H2,1-2H3,(H2,24,26,28). The molecule has 160 valence electrons. The second kappa shape index (κ2) is 8.70. The first-order valence-electron chi connectivity index (χ1n) is 8.73. The maximum atomic E-state index is 13.3. The van der Waals surface area contributed by atoms with E-state index in [1.54, 1.807) is 18.2 Å². The number of para-hydroxylation sites is 2. The van der Waals surface area contributed by atoms with Crippen molar-refractivity contribution in [3.63, 3.8) is 0 Å². The Kier molecular flexibility index (Phi) is 6.25. The fraction of sp³-hybridized carbons (Fsp3) is 0.263. The zero-order chi connectivity index (χ0) is 21.9. The van der Waals surface area contributed by atoms with E-state index < -0.39 is 18.0 Å². The fourth-order valence-corrected chi connectivity index (χ4v) is 3.16. The highest BCUT2D eigenvalue weighted by atomic mass is 35.5. The van der Waals surface area contributed by atoms with Crippen molar-refractivity contribution in [2.45, 2.75) is 12.7 Å². The summed E-state index contributed by atoms with van der Waals surface area (Å²) in [6.07, 6.45) is -4.62. The number of amides is 2. The molecule has 1 heterocycles. The van der Waals surface area contributed by atoms with Gasteiger partial charge in [0.2, 0.25) is 5.82 Å². The molecule has 2 N–H and O–H groups in total. The predicted octanol–water partition coefficient (Wildman–Crippen LogP) is 4.55. The quantitative estimate of drug-likeness (QED) is 0.587. The molecule has 3 rings (SSSR count). The number of carbonyl (C=O) groups excluding carboxylic acids is 1. The topological polar surface area (TPSA) is 77.4 Å². The SMILES string of the molecule is COc1cc(OC)c(NC(=O)NCCn2c(C(F)(F)F)nc3ccccc32)cc1Cl. The maximum absolute atomic E-state index is 13.3. The molecule has 11 heteroatoms. The molecule has 0 aliphatic rings. The van der Waals surface area contributed by atoms with E-state index >= 15 is 0 Å². The van der Waals surface area contributed by atoms with Crippen LogP contribution in [0.15, 0.2) is 36.4 Å². The smallest absolute Gasteiger partial charge is 0.449 e. The lowest BCUT2D eigenvalue weighted by Crippen LogP contribution is -2.32. The van der Waals surface area contributed by atoms with Gasteiger partial charge in [-0.05, 0) is 18.2 Å². The highest BCUT2D eigenvalue weighted by Gasteiger charge is 2.37. The van der Waals surface area contributed by atoms with Crippen molar-refractivity contribution in [1.29, 1.82) is 0 Å². The number of carbonyl (C=O) groups is 1. The summed E-state index contributed by atoms with van der Waals surface area (Å²) in [5.74, 6) is -0.341. The lowest BCUT2D eigenvalue weighted by atomic mass is 10.2. The van der Waals surface area contributed by atoms with Crippen molar-refractivity contribution in [2.75, 3.05) is 26.1 Å². The van der Waals surface area contributed by atoms with Gasteiger partial charge in [-0.25, -0.2) is 9.78 Å². The van der Waals surface area contributed by atoms with Crippen molar-refractivity contribution in [2.24, 2.45) is 0 Å². The molecule has 0 saturated heterocycles. The zero-order valence-corrected chi connectivity index (χ0v) is 16.8. The van der Waals surface area contributed by atoms with Gasteiger partial charge in [-0.2, -0.15) is 13.2 Å². The average Bonchev–Trinajstić information content (AvgIpc) is 3.07. The third-order valence-electron chi connectivity index (χ3n) is 4.25. The Bertz CT molecular complexity index is 1070. The predicted molar refractivity (Wildman–Crippen MR) is 106 cm³/mol. The molecular formula is C19H18ClF3N4O3. The van der Waals surface area contributed by atoms with E-state index in [2.05, 4.69) is 15.6 Å². The summed E-state index contributed by atoms with van der Waals surface area (Å²) in [7, 11) is 2.85. The Balaban J connectivity index is 1.71. The number of hydrogen-bond donors (Lipinski definition) is 2. The molecular weight excluding hydrogens is 425 g/mol. The largest absolute Gasteiger partial charge is 0.495 e. The van der Waals surface area contributed by atoms with Gasteiger partial charge in [-0.3, -0.25) is 0 Å². The molecule has 7 nitrogen and oxygen atoms in total. The van der Waals surface area contributed by atoms with Crippen LogP contribution in [0, 0.1) is 0 Å². The molecule has 2 amide bonds. The van der Waals surface area contributed by atoms with Gasteiger partial charge >= 0.3 is 12.2 Å². The molecule has 0 fully saturated rings. The van der Waals surface area contributed by atoms with Gasteiger partial charge in [0, 0.05) is 19.2 Å². The highest BCUT2D eigenvalue weighted by Crippen LogP contribution is 2.36. The van der Waals surface area contributed by atoms with Crippen LogP contribution in [0.1, 0.15) is 5.82 Å². The number of hydrogen-bond acceptors (Lipinski definition) is 4. The van der Waals surface area contributed by atoms with E-state index in [0.29, 0.717) is 17.0 Å². The van der Waals surface area contributed by atoms with Gasteiger partial charge in [-0.1, -0.05) is 23.7 Å². The Morgan fingerprint density at radius 2 is 1.87 bits per heavy atom. The monoisotopic (exact) mass is 442 g/mol. The zero-order valence-electron chi connectivity index (χ0n) is 16.0. The summed E-state index contributed by atoms with van der Waals surface area (Å²) in [6, 6.07) is 8.60. The fourth-order valence-electron chi connectivity index (χ4n) is 2.92. The van der Waals surface area contributed by atoms with E-state index in [1.807, 2.05) is 0 Å². The Morgan fingerprint density at radius 1 is 1.17 bits per heavy atom. The van der Waals surface area contributed by atoms with Crippen LogP contribution in [0.25, 0.3) is 11.0 Å². The van der Waals surface area contributed by atoms with E-state index in [-0.39, 0.29) is 29.3 Å². The van der Waals surface area contributed by atoms with Gasteiger partial charge < -0.3 is 24.7 Å². The van der Waals surface area contributed by atoms with Crippen LogP contribution in [-0.2, 0) is 12.7 Å². The van der Waals surface area contributed by atoms with Crippen molar-refractivity contribution < 1.29 is 27.4 Å². The summed E-state index contributed by atoms with van der Waals surface area (Å²) in [5, 5.41) is 5.33. The molecule has 3 aromatic rings. The second-order valence-electron chi connectivity index (χ2n) is 6.14. The molecule has 1 aromatic heterocycles. The molecule has 2 aromatic carbocycles. The molecule has 30 heavy (non-hydrogen) atoms. The number of methoxy groups -OCH3 is 2. The molecule has 0 spiro atoms. The minimum Gasteiger partial charge on any atom is -0.495 e. The van der Waals surface area contributed by atoms with E-state index in [4.69, 9.17) is 21.1 Å². The van der Waals surface area contributed by atoms with Crippen molar-refractivity contribution >= 4 is 34.4 Å². The van der Waals surface area contributed by atoms with E-state index in [0.717, 1.165) is 4.57 Å². The second-order valence-corrected chi connectivity index (χ2v) is 6.55. The Labute approximate surface area is 174 Å². The van der Waals surface area contributed by atoms with Gasteiger partial charge in [0.15, 0.2) is 0 Å². The lowest BCUT2D eigenvalue weighted by Gasteiger charge is -2.15. The van der Waals surface area contributed by atoms with Crippen LogP contribution < -0.4 is 20.1 Å². The number of nitrogens with one attached hydrogen (secondary N) is 2. The van der Waals surface area contributed by atoms with E-state index in [9.17, 15) is 18.0 Å². The highest BCUT2D eigenvalue weighted by molar-refractivity contribution is 6.32. The van der Waals surface area contributed by atoms with Gasteiger partial charge in [-0.15, -0.1) is 0 Å². The van der Waals surface area contributed by atoms with Gasteiger partial charge in [0.1, 0.15) is 11.5 Å². The van der Waals surface area contributed by atoms with Crippen LogP contribution in [0.2, 0.25) is 5.02 Å². The first-order chi connectivity index (χ1) is 14.2. The third kappa shape index (κ3) is 4.54. The van der Waals surface area contributed by atoms with Crippen LogP contribution in [-0.4, -0.2) is 36.3 Å².